The lowest BCUT2D eigenvalue weighted by Gasteiger charge is -2.02. The predicted octanol–water partition coefficient (Wildman–Crippen LogP) is 1.63. The van der Waals surface area contributed by atoms with Gasteiger partial charge in [0.25, 0.3) is 0 Å². The zero-order valence-electron chi connectivity index (χ0n) is 8.44. The monoisotopic (exact) mass is 207 g/mol. The van der Waals surface area contributed by atoms with E-state index in [1.54, 1.807) is 24.1 Å². The molecule has 4 nitrogen and oxygen atoms in total. The van der Waals surface area contributed by atoms with Gasteiger partial charge >= 0.3 is 0 Å². The maximum Gasteiger partial charge on any atom is 0.172 e. The molecule has 2 aromatic heterocycles. The van der Waals surface area contributed by atoms with Gasteiger partial charge in [-0.25, -0.2) is 4.39 Å². The van der Waals surface area contributed by atoms with E-state index >= 15 is 0 Å². The van der Waals surface area contributed by atoms with Gasteiger partial charge in [-0.1, -0.05) is 0 Å². The SMILES string of the molecule is COc1cnc(-c2cnn(C)c2)cc1F. The first-order chi connectivity index (χ1) is 7.20. The first kappa shape index (κ1) is 9.64. The highest BCUT2D eigenvalue weighted by molar-refractivity contribution is 5.57. The second kappa shape index (κ2) is 3.68. The molecule has 2 heterocycles. The molecule has 0 aliphatic heterocycles. The number of aryl methyl sites for hydroxylation is 1. The summed E-state index contributed by atoms with van der Waals surface area (Å²) in [6.45, 7) is 0. The molecule has 2 rings (SSSR count). The summed E-state index contributed by atoms with van der Waals surface area (Å²) in [4.78, 5) is 4.08. The van der Waals surface area contributed by atoms with Crippen LogP contribution in [0, 0.1) is 5.82 Å². The van der Waals surface area contributed by atoms with Crippen molar-refractivity contribution >= 4 is 0 Å². The molecule has 78 valence electrons. The average molecular weight is 207 g/mol. The van der Waals surface area contributed by atoms with E-state index in [2.05, 4.69) is 10.1 Å². The molecule has 0 aliphatic rings. The number of hydrogen-bond acceptors (Lipinski definition) is 3. The fourth-order valence-electron chi connectivity index (χ4n) is 1.28. The van der Waals surface area contributed by atoms with Gasteiger partial charge in [-0.2, -0.15) is 5.10 Å². The van der Waals surface area contributed by atoms with E-state index in [4.69, 9.17) is 4.74 Å². The first-order valence-corrected chi connectivity index (χ1v) is 4.39. The topological polar surface area (TPSA) is 39.9 Å². The number of ether oxygens (including phenoxy) is 1. The lowest BCUT2D eigenvalue weighted by atomic mass is 10.2. The summed E-state index contributed by atoms with van der Waals surface area (Å²) in [7, 11) is 3.20. The molecule has 0 radical (unpaired) electrons. The van der Waals surface area contributed by atoms with Crippen LogP contribution in [0.25, 0.3) is 11.3 Å². The normalized spacial score (nSPS) is 10.3. The van der Waals surface area contributed by atoms with Crippen LogP contribution < -0.4 is 4.74 Å². The van der Waals surface area contributed by atoms with E-state index in [9.17, 15) is 4.39 Å². The van der Waals surface area contributed by atoms with E-state index in [0.717, 1.165) is 5.56 Å². The molecule has 0 atom stereocenters. The lowest BCUT2D eigenvalue weighted by molar-refractivity contribution is 0.384. The summed E-state index contributed by atoms with van der Waals surface area (Å²) in [5, 5.41) is 3.99. The van der Waals surface area contributed by atoms with Gasteiger partial charge in [0, 0.05) is 24.9 Å². The van der Waals surface area contributed by atoms with Crippen molar-refractivity contribution in [3.05, 3.63) is 30.5 Å². The van der Waals surface area contributed by atoms with E-state index in [0.29, 0.717) is 5.69 Å². The van der Waals surface area contributed by atoms with Crippen molar-refractivity contribution < 1.29 is 9.13 Å². The van der Waals surface area contributed by atoms with Gasteiger partial charge in [0.2, 0.25) is 0 Å². The lowest BCUT2D eigenvalue weighted by Crippen LogP contribution is -1.91. The summed E-state index contributed by atoms with van der Waals surface area (Å²) in [5.74, 6) is -0.283. The molecule has 0 bridgehead atoms. The molecule has 0 aromatic carbocycles. The summed E-state index contributed by atoms with van der Waals surface area (Å²) in [6.07, 6.45) is 4.76. The summed E-state index contributed by atoms with van der Waals surface area (Å²) < 4.78 is 19.8. The molecule has 0 spiro atoms. The molecule has 0 saturated carbocycles. The highest BCUT2D eigenvalue weighted by Gasteiger charge is 2.07. The number of methoxy groups -OCH3 is 1. The van der Waals surface area contributed by atoms with Gasteiger partial charge in [-0.05, 0) is 0 Å². The van der Waals surface area contributed by atoms with E-state index in [-0.39, 0.29) is 5.75 Å². The second-order valence-electron chi connectivity index (χ2n) is 3.11. The number of rotatable bonds is 2. The second-order valence-corrected chi connectivity index (χ2v) is 3.11. The van der Waals surface area contributed by atoms with Crippen molar-refractivity contribution in [3.63, 3.8) is 0 Å². The molecule has 0 unspecified atom stereocenters. The quantitative estimate of drug-likeness (QED) is 0.751. The summed E-state index contributed by atoms with van der Waals surface area (Å²) >= 11 is 0. The minimum atomic E-state index is -0.425. The van der Waals surface area contributed by atoms with Crippen LogP contribution in [-0.4, -0.2) is 21.9 Å². The minimum absolute atomic E-state index is 0.141. The Kier molecular flexibility index (Phi) is 2.37. The number of halogens is 1. The highest BCUT2D eigenvalue weighted by atomic mass is 19.1. The Labute approximate surface area is 86.3 Å². The summed E-state index contributed by atoms with van der Waals surface area (Å²) in [6, 6.07) is 1.33. The Balaban J connectivity index is 2.42. The Morgan fingerprint density at radius 3 is 2.73 bits per heavy atom. The largest absolute Gasteiger partial charge is 0.492 e. The fourth-order valence-corrected chi connectivity index (χ4v) is 1.28. The van der Waals surface area contributed by atoms with Crippen LogP contribution in [0.2, 0.25) is 0 Å². The van der Waals surface area contributed by atoms with Crippen LogP contribution in [0.15, 0.2) is 24.7 Å². The zero-order chi connectivity index (χ0) is 10.8. The maximum atomic E-state index is 13.4. The van der Waals surface area contributed by atoms with Gasteiger partial charge in [0.05, 0.1) is 25.2 Å². The summed E-state index contributed by atoms with van der Waals surface area (Å²) in [5.41, 5.74) is 1.32. The minimum Gasteiger partial charge on any atom is -0.492 e. The molecule has 0 amide bonds. The molecule has 5 heteroatoms. The van der Waals surface area contributed by atoms with Crippen LogP contribution in [0.4, 0.5) is 4.39 Å². The molecular formula is C10H10FN3O. The molecule has 0 fully saturated rings. The van der Waals surface area contributed by atoms with Crippen molar-refractivity contribution in [2.75, 3.05) is 7.11 Å². The number of aromatic nitrogens is 3. The number of nitrogens with zero attached hydrogens (tertiary/aromatic N) is 3. The third kappa shape index (κ3) is 1.81. The van der Waals surface area contributed by atoms with Crippen LogP contribution in [-0.2, 0) is 7.05 Å². The van der Waals surface area contributed by atoms with Crippen molar-refractivity contribution in [1.29, 1.82) is 0 Å². The third-order valence-corrected chi connectivity index (χ3v) is 2.04. The molecule has 15 heavy (non-hydrogen) atoms. The van der Waals surface area contributed by atoms with Crippen LogP contribution >= 0.6 is 0 Å². The standard InChI is InChI=1S/C10H10FN3O/c1-14-6-7(4-13-14)9-3-8(11)10(15-2)5-12-9/h3-6H,1-2H3. The van der Waals surface area contributed by atoms with E-state index in [1.165, 1.54) is 19.4 Å². The molecule has 0 aliphatic carbocycles. The Bertz CT molecular complexity index is 481. The van der Waals surface area contributed by atoms with E-state index < -0.39 is 5.82 Å². The molecule has 2 aromatic rings. The van der Waals surface area contributed by atoms with Crippen LogP contribution in [0.5, 0.6) is 5.75 Å². The maximum absolute atomic E-state index is 13.4. The Morgan fingerprint density at radius 2 is 2.20 bits per heavy atom. The Morgan fingerprint density at radius 1 is 1.40 bits per heavy atom. The average Bonchev–Trinajstić information content (AvgIpc) is 2.65. The van der Waals surface area contributed by atoms with Crippen molar-refractivity contribution in [3.8, 4) is 17.0 Å². The van der Waals surface area contributed by atoms with Gasteiger partial charge in [0.15, 0.2) is 11.6 Å². The smallest absolute Gasteiger partial charge is 0.172 e. The Hall–Kier alpha value is -1.91. The van der Waals surface area contributed by atoms with Crippen LogP contribution in [0.3, 0.4) is 0 Å². The predicted molar refractivity (Wildman–Crippen MR) is 52.9 cm³/mol. The van der Waals surface area contributed by atoms with Crippen LogP contribution in [0.1, 0.15) is 0 Å². The zero-order valence-corrected chi connectivity index (χ0v) is 8.44. The van der Waals surface area contributed by atoms with Gasteiger partial charge in [-0.15, -0.1) is 0 Å². The third-order valence-electron chi connectivity index (χ3n) is 2.04. The number of hydrogen-bond donors (Lipinski definition) is 0. The van der Waals surface area contributed by atoms with E-state index in [1.807, 2.05) is 0 Å². The molecule has 0 saturated heterocycles. The first-order valence-electron chi connectivity index (χ1n) is 4.39. The van der Waals surface area contributed by atoms with Gasteiger partial charge in [-0.3, -0.25) is 9.67 Å². The van der Waals surface area contributed by atoms with Crippen molar-refractivity contribution in [1.82, 2.24) is 14.8 Å². The van der Waals surface area contributed by atoms with Crippen molar-refractivity contribution in [2.45, 2.75) is 0 Å². The number of pyridine rings is 1. The highest BCUT2D eigenvalue weighted by Crippen LogP contribution is 2.21. The fraction of sp³-hybridized carbons (Fsp3) is 0.200. The van der Waals surface area contributed by atoms with Crippen molar-refractivity contribution in [2.24, 2.45) is 7.05 Å². The van der Waals surface area contributed by atoms with Gasteiger partial charge in [0.1, 0.15) is 0 Å². The van der Waals surface area contributed by atoms with Gasteiger partial charge < -0.3 is 4.74 Å². The molecular weight excluding hydrogens is 197 g/mol. The molecule has 0 N–H and O–H groups in total.